The van der Waals surface area contributed by atoms with Gasteiger partial charge in [-0.2, -0.15) is 0 Å². The van der Waals surface area contributed by atoms with Crippen molar-refractivity contribution in [1.29, 1.82) is 0 Å². The fraction of sp³-hybridized carbons (Fsp3) is 0.308. The fourth-order valence-corrected chi connectivity index (χ4v) is 2.76. The summed E-state index contributed by atoms with van der Waals surface area (Å²) >= 11 is 1.61. The second kappa shape index (κ2) is 4.74. The molecule has 84 valence electrons. The summed E-state index contributed by atoms with van der Waals surface area (Å²) in [5.74, 6) is -0.166. The Morgan fingerprint density at radius 2 is 2.00 bits per heavy atom. The Kier molecular flexibility index (Phi) is 3.34. The van der Waals surface area contributed by atoms with E-state index in [4.69, 9.17) is 4.74 Å². The van der Waals surface area contributed by atoms with Gasteiger partial charge in [-0.25, -0.2) is 4.79 Å². The van der Waals surface area contributed by atoms with Crippen LogP contribution in [0.15, 0.2) is 40.8 Å². The largest absolute Gasteiger partial charge is 0.449 e. The molecule has 2 nitrogen and oxygen atoms in total. The van der Waals surface area contributed by atoms with Gasteiger partial charge in [-0.05, 0) is 18.2 Å². The highest BCUT2D eigenvalue weighted by molar-refractivity contribution is 8.02. The average Bonchev–Trinajstić information content (AvgIpc) is 2.66. The van der Waals surface area contributed by atoms with Gasteiger partial charge in [-0.15, -0.1) is 11.8 Å². The van der Waals surface area contributed by atoms with Crippen molar-refractivity contribution in [3.8, 4) is 0 Å². The molecular weight excluding hydrogens is 220 g/mol. The minimum atomic E-state index is -0.196. The van der Waals surface area contributed by atoms with Gasteiger partial charge >= 0.3 is 5.97 Å². The highest BCUT2D eigenvalue weighted by atomic mass is 32.2. The maximum Gasteiger partial charge on any atom is 0.335 e. The molecule has 1 aliphatic rings. The van der Waals surface area contributed by atoms with Crippen molar-refractivity contribution < 1.29 is 9.53 Å². The average molecular weight is 234 g/mol. The van der Waals surface area contributed by atoms with Crippen molar-refractivity contribution in [2.24, 2.45) is 0 Å². The van der Waals surface area contributed by atoms with E-state index in [1.165, 1.54) is 0 Å². The van der Waals surface area contributed by atoms with Crippen LogP contribution in [0.1, 0.15) is 25.0 Å². The van der Waals surface area contributed by atoms with Crippen molar-refractivity contribution in [3.63, 3.8) is 0 Å². The molecule has 1 aromatic carbocycles. The van der Waals surface area contributed by atoms with Gasteiger partial charge in [-0.3, -0.25) is 0 Å². The molecule has 0 aromatic heterocycles. The van der Waals surface area contributed by atoms with E-state index in [0.29, 0.717) is 0 Å². The molecule has 0 spiro atoms. The molecule has 0 aliphatic carbocycles. The highest BCUT2D eigenvalue weighted by Gasteiger charge is 2.33. The lowest BCUT2D eigenvalue weighted by atomic mass is 10.1. The minimum absolute atomic E-state index is 0.166. The number of rotatable bonds is 3. The Morgan fingerprint density at radius 3 is 2.56 bits per heavy atom. The van der Waals surface area contributed by atoms with E-state index >= 15 is 0 Å². The smallest absolute Gasteiger partial charge is 0.335 e. The number of ether oxygens (including phenoxy) is 1. The molecule has 0 saturated heterocycles. The standard InChI is InChI=1S/C13H14O2S/c1-3-10-12(16-2)11(15-13(10)14)9-7-5-4-6-8-9/h4-8,11H,3H2,1-2H3. The van der Waals surface area contributed by atoms with Crippen molar-refractivity contribution in [3.05, 3.63) is 46.4 Å². The summed E-state index contributed by atoms with van der Waals surface area (Å²) in [7, 11) is 0. The van der Waals surface area contributed by atoms with Crippen LogP contribution < -0.4 is 0 Å². The number of hydrogen-bond acceptors (Lipinski definition) is 3. The lowest BCUT2D eigenvalue weighted by Crippen LogP contribution is -2.02. The first kappa shape index (κ1) is 11.3. The van der Waals surface area contributed by atoms with E-state index in [0.717, 1.165) is 22.5 Å². The number of carbonyl (C=O) groups is 1. The lowest BCUT2D eigenvalue weighted by Gasteiger charge is -2.12. The second-order valence-electron chi connectivity index (χ2n) is 3.60. The van der Waals surface area contributed by atoms with E-state index in [9.17, 15) is 4.79 Å². The predicted octanol–water partition coefficient (Wildman–Crippen LogP) is 3.31. The van der Waals surface area contributed by atoms with Crippen LogP contribution in [0.4, 0.5) is 0 Å². The molecule has 1 heterocycles. The quantitative estimate of drug-likeness (QED) is 0.750. The van der Waals surface area contributed by atoms with Gasteiger partial charge in [0.15, 0.2) is 6.10 Å². The van der Waals surface area contributed by atoms with E-state index in [-0.39, 0.29) is 12.1 Å². The molecule has 1 aromatic rings. The topological polar surface area (TPSA) is 26.3 Å². The van der Waals surface area contributed by atoms with E-state index in [1.54, 1.807) is 11.8 Å². The molecule has 1 unspecified atom stereocenters. The molecule has 0 amide bonds. The Hall–Kier alpha value is -1.22. The van der Waals surface area contributed by atoms with Gasteiger partial charge in [0.2, 0.25) is 0 Å². The number of thioether (sulfide) groups is 1. The third kappa shape index (κ3) is 1.87. The van der Waals surface area contributed by atoms with Gasteiger partial charge in [0.1, 0.15) is 0 Å². The van der Waals surface area contributed by atoms with Gasteiger partial charge in [0.25, 0.3) is 0 Å². The first-order valence-electron chi connectivity index (χ1n) is 5.31. The Morgan fingerprint density at radius 1 is 1.31 bits per heavy atom. The summed E-state index contributed by atoms with van der Waals surface area (Å²) in [5.41, 5.74) is 1.87. The third-order valence-corrected chi connectivity index (χ3v) is 3.58. The lowest BCUT2D eigenvalue weighted by molar-refractivity contribution is -0.140. The number of hydrogen-bond donors (Lipinski definition) is 0. The normalized spacial score (nSPS) is 20.1. The Labute approximate surface area is 99.7 Å². The highest BCUT2D eigenvalue weighted by Crippen LogP contribution is 2.41. The van der Waals surface area contributed by atoms with Gasteiger partial charge in [-0.1, -0.05) is 37.3 Å². The first-order chi connectivity index (χ1) is 7.77. The summed E-state index contributed by atoms with van der Waals surface area (Å²) in [6.07, 6.45) is 2.53. The number of cyclic esters (lactones) is 1. The molecule has 1 atom stereocenters. The zero-order chi connectivity index (χ0) is 11.5. The van der Waals surface area contributed by atoms with Gasteiger partial charge in [0.05, 0.1) is 5.57 Å². The van der Waals surface area contributed by atoms with Crippen molar-refractivity contribution in [2.75, 3.05) is 6.26 Å². The van der Waals surface area contributed by atoms with Crippen LogP contribution >= 0.6 is 11.8 Å². The van der Waals surface area contributed by atoms with Crippen molar-refractivity contribution >= 4 is 17.7 Å². The van der Waals surface area contributed by atoms with Crippen LogP contribution in [-0.4, -0.2) is 12.2 Å². The fourth-order valence-electron chi connectivity index (χ4n) is 1.89. The summed E-state index contributed by atoms with van der Waals surface area (Å²) in [4.78, 5) is 12.7. The monoisotopic (exact) mass is 234 g/mol. The minimum Gasteiger partial charge on any atom is -0.449 e. The maximum absolute atomic E-state index is 11.7. The molecular formula is C13H14O2S. The molecule has 0 saturated carbocycles. The van der Waals surface area contributed by atoms with Crippen LogP contribution in [0.25, 0.3) is 0 Å². The summed E-state index contributed by atoms with van der Waals surface area (Å²) < 4.78 is 5.42. The third-order valence-electron chi connectivity index (χ3n) is 2.68. The second-order valence-corrected chi connectivity index (χ2v) is 4.44. The van der Waals surface area contributed by atoms with Crippen LogP contribution in [0.5, 0.6) is 0 Å². The van der Waals surface area contributed by atoms with Crippen LogP contribution in [0.3, 0.4) is 0 Å². The summed E-state index contributed by atoms with van der Waals surface area (Å²) in [6.45, 7) is 1.99. The molecule has 0 bridgehead atoms. The molecule has 3 heteroatoms. The van der Waals surface area contributed by atoms with Gasteiger partial charge in [0, 0.05) is 4.91 Å². The molecule has 1 aliphatic heterocycles. The molecule has 16 heavy (non-hydrogen) atoms. The van der Waals surface area contributed by atoms with Crippen LogP contribution in [-0.2, 0) is 9.53 Å². The maximum atomic E-state index is 11.7. The van der Waals surface area contributed by atoms with E-state index in [2.05, 4.69) is 0 Å². The number of carbonyl (C=O) groups excluding carboxylic acids is 1. The van der Waals surface area contributed by atoms with Crippen molar-refractivity contribution in [2.45, 2.75) is 19.4 Å². The summed E-state index contributed by atoms with van der Waals surface area (Å²) in [6, 6.07) is 9.87. The Balaban J connectivity index is 2.38. The Bertz CT molecular complexity index is 423. The van der Waals surface area contributed by atoms with Gasteiger partial charge < -0.3 is 4.74 Å². The number of esters is 1. The molecule has 0 radical (unpaired) electrons. The summed E-state index contributed by atoms with van der Waals surface area (Å²) in [5, 5.41) is 0. The zero-order valence-corrected chi connectivity index (χ0v) is 10.2. The SMILES string of the molecule is CCC1=C(SC)C(c2ccccc2)OC1=O. The number of benzene rings is 1. The predicted molar refractivity (Wildman–Crippen MR) is 66.1 cm³/mol. The van der Waals surface area contributed by atoms with Crippen LogP contribution in [0, 0.1) is 0 Å². The molecule has 0 N–H and O–H groups in total. The molecule has 2 rings (SSSR count). The van der Waals surface area contributed by atoms with Crippen molar-refractivity contribution in [1.82, 2.24) is 0 Å². The van der Waals surface area contributed by atoms with E-state index in [1.807, 2.05) is 43.5 Å². The van der Waals surface area contributed by atoms with E-state index < -0.39 is 0 Å². The van der Waals surface area contributed by atoms with Crippen LogP contribution in [0.2, 0.25) is 0 Å². The first-order valence-corrected chi connectivity index (χ1v) is 6.53. The zero-order valence-electron chi connectivity index (χ0n) is 9.40. The molecule has 0 fully saturated rings.